The van der Waals surface area contributed by atoms with E-state index in [9.17, 15) is 0 Å². The lowest BCUT2D eigenvalue weighted by atomic mass is 9.79. The average molecular weight is 424 g/mol. The lowest BCUT2D eigenvalue weighted by Gasteiger charge is -2.27. The molecule has 0 radical (unpaired) electrons. The highest BCUT2D eigenvalue weighted by molar-refractivity contribution is 9.09. The van der Waals surface area contributed by atoms with Gasteiger partial charge in [0.2, 0.25) is 0 Å². The molecule has 0 aromatic heterocycles. The predicted molar refractivity (Wildman–Crippen MR) is 106 cm³/mol. The molecule has 0 saturated heterocycles. The Morgan fingerprint density at radius 3 is 1.91 bits per heavy atom. The first-order chi connectivity index (χ1) is 10.5. The van der Waals surface area contributed by atoms with Crippen molar-refractivity contribution >= 4 is 31.9 Å². The minimum absolute atomic E-state index is 0.174. The highest BCUT2D eigenvalue weighted by Crippen LogP contribution is 2.35. The summed E-state index contributed by atoms with van der Waals surface area (Å²) in [7, 11) is 0. The van der Waals surface area contributed by atoms with Gasteiger partial charge in [-0.15, -0.1) is 0 Å². The zero-order chi connectivity index (χ0) is 16.2. The zero-order valence-corrected chi connectivity index (χ0v) is 16.8. The Bertz CT molecular complexity index is 610. The molecule has 0 bridgehead atoms. The summed E-state index contributed by atoms with van der Waals surface area (Å²) in [6.07, 6.45) is 2.14. The van der Waals surface area contributed by atoms with Crippen molar-refractivity contribution in [3.63, 3.8) is 0 Å². The summed E-state index contributed by atoms with van der Waals surface area (Å²) in [4.78, 5) is 0. The van der Waals surface area contributed by atoms with Crippen LogP contribution >= 0.6 is 31.9 Å². The summed E-state index contributed by atoms with van der Waals surface area (Å²) in [5, 5.41) is 2.00. The Balaban J connectivity index is 2.68. The Labute approximate surface area is 151 Å². The third-order valence-electron chi connectivity index (χ3n) is 4.01. The molecule has 0 aliphatic rings. The van der Waals surface area contributed by atoms with Gasteiger partial charge >= 0.3 is 0 Å². The molecule has 0 heterocycles. The molecule has 0 aliphatic heterocycles. The summed E-state index contributed by atoms with van der Waals surface area (Å²) in [6, 6.07) is 15.4. The van der Waals surface area contributed by atoms with Crippen LogP contribution in [0.2, 0.25) is 0 Å². The van der Waals surface area contributed by atoms with E-state index < -0.39 is 0 Å². The molecule has 0 aliphatic carbocycles. The predicted octanol–water partition coefficient (Wildman–Crippen LogP) is 6.53. The third-order valence-corrected chi connectivity index (χ3v) is 4.81. The second kappa shape index (κ2) is 7.79. The van der Waals surface area contributed by atoms with E-state index in [1.165, 1.54) is 27.8 Å². The van der Waals surface area contributed by atoms with E-state index in [2.05, 4.69) is 95.1 Å². The van der Waals surface area contributed by atoms with Gasteiger partial charge in [0.25, 0.3) is 0 Å². The average Bonchev–Trinajstić information content (AvgIpc) is 2.49. The quantitative estimate of drug-likeness (QED) is 0.479. The summed E-state index contributed by atoms with van der Waals surface area (Å²) in [6.45, 7) is 6.92. The van der Waals surface area contributed by atoms with E-state index in [4.69, 9.17) is 0 Å². The molecule has 2 rings (SSSR count). The van der Waals surface area contributed by atoms with Gasteiger partial charge in [-0.1, -0.05) is 95.1 Å². The Hall–Kier alpha value is -0.600. The van der Waals surface area contributed by atoms with Crippen LogP contribution in [0.15, 0.2) is 42.5 Å². The molecule has 0 N–H and O–H groups in total. The van der Waals surface area contributed by atoms with Gasteiger partial charge in [-0.3, -0.25) is 0 Å². The summed E-state index contributed by atoms with van der Waals surface area (Å²) >= 11 is 7.28. The highest BCUT2D eigenvalue weighted by Gasteiger charge is 2.21. The first-order valence-corrected chi connectivity index (χ1v) is 10.1. The fraction of sp³-hybridized carbons (Fsp3) is 0.400. The summed E-state index contributed by atoms with van der Waals surface area (Å²) in [5.41, 5.74) is 7.36. The van der Waals surface area contributed by atoms with Crippen molar-refractivity contribution in [2.75, 3.05) is 10.7 Å². The van der Waals surface area contributed by atoms with Crippen molar-refractivity contribution in [2.24, 2.45) is 0 Å². The molecule has 22 heavy (non-hydrogen) atoms. The number of rotatable bonds is 5. The van der Waals surface area contributed by atoms with Crippen molar-refractivity contribution in [2.45, 2.75) is 39.0 Å². The second-order valence-corrected chi connectivity index (χ2v) is 8.20. The number of benzene rings is 2. The maximum absolute atomic E-state index is 3.64. The molecule has 2 aromatic carbocycles. The van der Waals surface area contributed by atoms with Crippen LogP contribution in [0.4, 0.5) is 0 Å². The molecule has 0 atom stereocenters. The lowest BCUT2D eigenvalue weighted by molar-refractivity contribution is 0.582. The molecule has 0 nitrogen and oxygen atoms in total. The minimum Gasteiger partial charge on any atom is -0.0924 e. The standard InChI is InChI=1S/C20H24Br2/c1-20(2,3)19-10-9-16(15-7-5-4-6-8-15)17(11-13-21)18(19)12-14-22/h4-10H,11-14H2,1-3H3. The SMILES string of the molecule is CC(C)(C)c1ccc(-c2ccccc2)c(CCBr)c1CCBr. The summed E-state index contributed by atoms with van der Waals surface area (Å²) in [5.74, 6) is 0. The highest BCUT2D eigenvalue weighted by atomic mass is 79.9. The van der Waals surface area contributed by atoms with Gasteiger partial charge in [-0.2, -0.15) is 0 Å². The number of hydrogen-bond donors (Lipinski definition) is 0. The molecule has 2 heteroatoms. The molecule has 0 spiro atoms. The molecule has 2 aromatic rings. The van der Waals surface area contributed by atoms with Gasteiger partial charge in [0, 0.05) is 10.7 Å². The second-order valence-electron chi connectivity index (χ2n) is 6.61. The first-order valence-electron chi connectivity index (χ1n) is 7.81. The Kier molecular flexibility index (Phi) is 6.28. The lowest BCUT2D eigenvalue weighted by Crippen LogP contribution is -2.17. The van der Waals surface area contributed by atoms with E-state index in [0.717, 1.165) is 23.5 Å². The van der Waals surface area contributed by atoms with E-state index in [-0.39, 0.29) is 5.41 Å². The Morgan fingerprint density at radius 2 is 1.36 bits per heavy atom. The molecule has 0 fully saturated rings. The monoisotopic (exact) mass is 422 g/mol. The zero-order valence-electron chi connectivity index (χ0n) is 13.6. The third kappa shape index (κ3) is 4.02. The Morgan fingerprint density at radius 1 is 0.773 bits per heavy atom. The fourth-order valence-corrected chi connectivity index (χ4v) is 3.84. The van der Waals surface area contributed by atoms with Crippen LogP contribution in [0.25, 0.3) is 11.1 Å². The van der Waals surface area contributed by atoms with E-state index in [1.807, 2.05) is 0 Å². The molecule has 0 unspecified atom stereocenters. The molecule has 0 amide bonds. The van der Waals surface area contributed by atoms with Crippen LogP contribution in [-0.2, 0) is 18.3 Å². The van der Waals surface area contributed by atoms with Gasteiger partial charge in [-0.25, -0.2) is 0 Å². The number of hydrogen-bond acceptors (Lipinski definition) is 0. The normalized spacial score (nSPS) is 11.7. The van der Waals surface area contributed by atoms with Gasteiger partial charge in [0.15, 0.2) is 0 Å². The topological polar surface area (TPSA) is 0 Å². The number of halogens is 2. The van der Waals surface area contributed by atoms with Crippen LogP contribution in [0, 0.1) is 0 Å². The maximum atomic E-state index is 3.64. The first kappa shape index (κ1) is 17.7. The van der Waals surface area contributed by atoms with Gasteiger partial charge in [0.05, 0.1) is 0 Å². The van der Waals surface area contributed by atoms with Crippen molar-refractivity contribution < 1.29 is 0 Å². The van der Waals surface area contributed by atoms with E-state index in [1.54, 1.807) is 0 Å². The molecular formula is C20H24Br2. The van der Waals surface area contributed by atoms with Crippen molar-refractivity contribution in [3.8, 4) is 11.1 Å². The van der Waals surface area contributed by atoms with Crippen LogP contribution in [0.5, 0.6) is 0 Å². The fourth-order valence-electron chi connectivity index (χ4n) is 3.04. The van der Waals surface area contributed by atoms with Crippen molar-refractivity contribution in [3.05, 3.63) is 59.2 Å². The largest absolute Gasteiger partial charge is 0.0924 e. The van der Waals surface area contributed by atoms with Gasteiger partial charge in [-0.05, 0) is 46.1 Å². The van der Waals surface area contributed by atoms with E-state index >= 15 is 0 Å². The van der Waals surface area contributed by atoms with Crippen LogP contribution in [-0.4, -0.2) is 10.7 Å². The smallest absolute Gasteiger partial charge is 0.00721 e. The van der Waals surface area contributed by atoms with Crippen LogP contribution < -0.4 is 0 Å². The number of alkyl halides is 2. The molecule has 118 valence electrons. The van der Waals surface area contributed by atoms with Crippen molar-refractivity contribution in [1.29, 1.82) is 0 Å². The van der Waals surface area contributed by atoms with Crippen LogP contribution in [0.3, 0.4) is 0 Å². The summed E-state index contributed by atoms with van der Waals surface area (Å²) < 4.78 is 0. The molecular weight excluding hydrogens is 400 g/mol. The van der Waals surface area contributed by atoms with E-state index in [0.29, 0.717) is 0 Å². The van der Waals surface area contributed by atoms with Gasteiger partial charge in [0.1, 0.15) is 0 Å². The molecule has 0 saturated carbocycles. The van der Waals surface area contributed by atoms with Crippen molar-refractivity contribution in [1.82, 2.24) is 0 Å². The minimum atomic E-state index is 0.174. The van der Waals surface area contributed by atoms with Gasteiger partial charge < -0.3 is 0 Å². The maximum Gasteiger partial charge on any atom is 0.00721 e. The van der Waals surface area contributed by atoms with Crippen LogP contribution in [0.1, 0.15) is 37.5 Å².